The number of hydrogen-bond acceptors (Lipinski definition) is 1. The van der Waals surface area contributed by atoms with Gasteiger partial charge in [-0.2, -0.15) is 0 Å². The molecule has 1 heteroatoms. The van der Waals surface area contributed by atoms with E-state index in [1.54, 1.807) is 25.7 Å². The molecule has 0 aromatic heterocycles. The first kappa shape index (κ1) is 9.21. The summed E-state index contributed by atoms with van der Waals surface area (Å²) >= 11 is 0. The lowest BCUT2D eigenvalue weighted by atomic mass is 9.66. The average Bonchev–Trinajstić information content (AvgIpc) is 2.99. The second-order valence-electron chi connectivity index (χ2n) is 5.74. The van der Waals surface area contributed by atoms with Crippen molar-refractivity contribution in [3.05, 3.63) is 0 Å². The zero-order valence-electron chi connectivity index (χ0n) is 9.23. The van der Waals surface area contributed by atoms with Gasteiger partial charge in [-0.1, -0.05) is 12.8 Å². The Morgan fingerprint density at radius 1 is 0.786 bits per heavy atom. The highest BCUT2D eigenvalue weighted by Crippen LogP contribution is 2.60. The van der Waals surface area contributed by atoms with Crippen LogP contribution in [0.5, 0.6) is 0 Å². The van der Waals surface area contributed by atoms with Gasteiger partial charge in [-0.05, 0) is 68.9 Å². The van der Waals surface area contributed by atoms with Crippen LogP contribution in [-0.2, 0) is 0 Å². The van der Waals surface area contributed by atoms with Crippen LogP contribution >= 0.6 is 0 Å². The Morgan fingerprint density at radius 2 is 1.36 bits per heavy atom. The molecule has 1 heterocycles. The fraction of sp³-hybridized carbons (Fsp3) is 1.00. The van der Waals surface area contributed by atoms with E-state index in [-0.39, 0.29) is 0 Å². The zero-order chi connectivity index (χ0) is 9.43. The summed E-state index contributed by atoms with van der Waals surface area (Å²) in [4.78, 5) is 0. The lowest BCUT2D eigenvalue weighted by Crippen LogP contribution is -2.38. The lowest BCUT2D eigenvalue weighted by molar-refractivity contribution is 0.101. The van der Waals surface area contributed by atoms with Gasteiger partial charge < -0.3 is 5.32 Å². The molecule has 3 aliphatic rings. The molecular weight excluding hydrogens is 170 g/mol. The molecule has 1 saturated heterocycles. The van der Waals surface area contributed by atoms with Crippen molar-refractivity contribution < 1.29 is 0 Å². The van der Waals surface area contributed by atoms with Gasteiger partial charge in [-0.25, -0.2) is 0 Å². The first-order valence-corrected chi connectivity index (χ1v) is 6.62. The predicted octanol–water partition coefficient (Wildman–Crippen LogP) is 2.96. The van der Waals surface area contributed by atoms with Crippen LogP contribution in [0.4, 0.5) is 0 Å². The van der Waals surface area contributed by atoms with Crippen LogP contribution < -0.4 is 5.32 Å². The fourth-order valence-corrected chi connectivity index (χ4v) is 4.24. The third kappa shape index (κ3) is 1.41. The smallest absolute Gasteiger partial charge is 0.00461 e. The molecule has 14 heavy (non-hydrogen) atoms. The number of piperidine rings is 1. The minimum Gasteiger partial charge on any atom is -0.317 e. The van der Waals surface area contributed by atoms with Crippen molar-refractivity contribution in [1.29, 1.82) is 0 Å². The highest BCUT2D eigenvalue weighted by Gasteiger charge is 2.50. The summed E-state index contributed by atoms with van der Waals surface area (Å²) in [5.41, 5.74) is 0.835. The van der Waals surface area contributed by atoms with Crippen LogP contribution in [0, 0.1) is 17.3 Å². The number of hydrogen-bond donors (Lipinski definition) is 1. The SMILES string of the molecule is C1CCC(C2CCNCC2)(C2CC2)C1. The van der Waals surface area contributed by atoms with E-state index in [9.17, 15) is 0 Å². The van der Waals surface area contributed by atoms with Gasteiger partial charge in [0.2, 0.25) is 0 Å². The fourth-order valence-electron chi connectivity index (χ4n) is 4.24. The summed E-state index contributed by atoms with van der Waals surface area (Å²) < 4.78 is 0. The van der Waals surface area contributed by atoms with Gasteiger partial charge in [-0.3, -0.25) is 0 Å². The molecule has 0 unspecified atom stereocenters. The first-order chi connectivity index (χ1) is 6.92. The summed E-state index contributed by atoms with van der Waals surface area (Å²) in [6.07, 6.45) is 12.3. The van der Waals surface area contributed by atoms with Gasteiger partial charge in [0.1, 0.15) is 0 Å². The second-order valence-corrected chi connectivity index (χ2v) is 5.74. The monoisotopic (exact) mass is 193 g/mol. The molecule has 1 N–H and O–H groups in total. The van der Waals surface area contributed by atoms with E-state index in [2.05, 4.69) is 5.32 Å². The Kier molecular flexibility index (Phi) is 2.31. The van der Waals surface area contributed by atoms with E-state index in [4.69, 9.17) is 0 Å². The molecule has 2 saturated carbocycles. The van der Waals surface area contributed by atoms with Crippen molar-refractivity contribution in [3.63, 3.8) is 0 Å². The topological polar surface area (TPSA) is 12.0 Å². The molecule has 0 amide bonds. The van der Waals surface area contributed by atoms with Gasteiger partial charge in [-0.15, -0.1) is 0 Å². The molecule has 0 atom stereocenters. The third-order valence-electron chi connectivity index (χ3n) is 5.08. The lowest BCUT2D eigenvalue weighted by Gasteiger charge is -2.40. The average molecular weight is 193 g/mol. The largest absolute Gasteiger partial charge is 0.317 e. The van der Waals surface area contributed by atoms with Crippen molar-refractivity contribution >= 4 is 0 Å². The summed E-state index contributed by atoms with van der Waals surface area (Å²) in [6, 6.07) is 0. The Bertz CT molecular complexity index is 195. The summed E-state index contributed by atoms with van der Waals surface area (Å²) in [7, 11) is 0. The molecular formula is C13H23N. The Hall–Kier alpha value is -0.0400. The number of rotatable bonds is 2. The first-order valence-electron chi connectivity index (χ1n) is 6.62. The standard InChI is InChI=1S/C13H23N/c1-2-8-13(7-1,11-3-4-11)12-5-9-14-10-6-12/h11-12,14H,1-10H2. The van der Waals surface area contributed by atoms with E-state index in [1.165, 1.54) is 38.8 Å². The molecule has 3 rings (SSSR count). The minimum absolute atomic E-state index is 0.835. The van der Waals surface area contributed by atoms with Crippen LogP contribution in [0.3, 0.4) is 0 Å². The van der Waals surface area contributed by atoms with E-state index in [0.29, 0.717) is 0 Å². The maximum absolute atomic E-state index is 3.51. The van der Waals surface area contributed by atoms with Crippen LogP contribution in [0.15, 0.2) is 0 Å². The van der Waals surface area contributed by atoms with E-state index >= 15 is 0 Å². The molecule has 1 aliphatic heterocycles. The van der Waals surface area contributed by atoms with Gasteiger partial charge >= 0.3 is 0 Å². The highest BCUT2D eigenvalue weighted by atomic mass is 14.9. The Morgan fingerprint density at radius 3 is 1.93 bits per heavy atom. The molecule has 3 fully saturated rings. The maximum Gasteiger partial charge on any atom is -0.00461 e. The van der Waals surface area contributed by atoms with Crippen LogP contribution in [0.1, 0.15) is 51.4 Å². The quantitative estimate of drug-likeness (QED) is 0.711. The molecule has 1 nitrogen and oxygen atoms in total. The molecule has 0 aromatic carbocycles. The van der Waals surface area contributed by atoms with Gasteiger partial charge in [0.25, 0.3) is 0 Å². The number of nitrogens with one attached hydrogen (secondary N) is 1. The summed E-state index contributed by atoms with van der Waals surface area (Å²) in [5, 5.41) is 3.51. The van der Waals surface area contributed by atoms with Gasteiger partial charge in [0.05, 0.1) is 0 Å². The minimum atomic E-state index is 0.835. The van der Waals surface area contributed by atoms with E-state index in [0.717, 1.165) is 17.3 Å². The Labute approximate surface area is 87.7 Å². The van der Waals surface area contributed by atoms with Crippen molar-refractivity contribution in [3.8, 4) is 0 Å². The Balaban J connectivity index is 1.76. The van der Waals surface area contributed by atoms with Gasteiger partial charge in [0, 0.05) is 0 Å². The van der Waals surface area contributed by atoms with E-state index < -0.39 is 0 Å². The molecule has 0 spiro atoms. The van der Waals surface area contributed by atoms with Crippen molar-refractivity contribution in [1.82, 2.24) is 5.32 Å². The predicted molar refractivity (Wildman–Crippen MR) is 59.2 cm³/mol. The molecule has 0 aromatic rings. The highest BCUT2D eigenvalue weighted by molar-refractivity contribution is 5.01. The molecule has 2 aliphatic carbocycles. The van der Waals surface area contributed by atoms with Crippen LogP contribution in [0.2, 0.25) is 0 Å². The van der Waals surface area contributed by atoms with Crippen LogP contribution in [0.25, 0.3) is 0 Å². The third-order valence-corrected chi connectivity index (χ3v) is 5.08. The molecule has 0 bridgehead atoms. The normalized spacial score (nSPS) is 33.4. The second kappa shape index (κ2) is 3.52. The van der Waals surface area contributed by atoms with Crippen molar-refractivity contribution in [2.75, 3.05) is 13.1 Å². The molecule has 0 radical (unpaired) electrons. The summed E-state index contributed by atoms with van der Waals surface area (Å²) in [5.74, 6) is 2.23. The van der Waals surface area contributed by atoms with E-state index in [1.807, 2.05) is 0 Å². The maximum atomic E-state index is 3.51. The molecule has 80 valence electrons. The van der Waals surface area contributed by atoms with Crippen LogP contribution in [-0.4, -0.2) is 13.1 Å². The zero-order valence-corrected chi connectivity index (χ0v) is 9.23. The van der Waals surface area contributed by atoms with Crippen molar-refractivity contribution in [2.45, 2.75) is 51.4 Å². The van der Waals surface area contributed by atoms with Gasteiger partial charge in [0.15, 0.2) is 0 Å². The summed E-state index contributed by atoms with van der Waals surface area (Å²) in [6.45, 7) is 2.58. The van der Waals surface area contributed by atoms with Crippen molar-refractivity contribution in [2.24, 2.45) is 17.3 Å².